The third-order valence-corrected chi connectivity index (χ3v) is 4.98. The third-order valence-electron chi connectivity index (χ3n) is 3.46. The van der Waals surface area contributed by atoms with E-state index in [4.69, 9.17) is 0 Å². The Morgan fingerprint density at radius 3 is 2.63 bits per heavy atom. The maximum atomic E-state index is 12.2. The van der Waals surface area contributed by atoms with Gasteiger partial charge < -0.3 is 0 Å². The molecule has 0 radical (unpaired) electrons. The fraction of sp³-hybridized carbons (Fsp3) is 0.500. The van der Waals surface area contributed by atoms with E-state index in [1.165, 1.54) is 12.1 Å². The number of hydrogen-bond acceptors (Lipinski definition) is 3. The average Bonchev–Trinajstić information content (AvgIpc) is 2.90. The van der Waals surface area contributed by atoms with Crippen molar-refractivity contribution in [2.24, 2.45) is 0 Å². The van der Waals surface area contributed by atoms with E-state index in [1.54, 1.807) is 19.1 Å². The van der Waals surface area contributed by atoms with Crippen LogP contribution in [0.2, 0.25) is 0 Å². The summed E-state index contributed by atoms with van der Waals surface area (Å²) in [5.74, 6) is -0.0436. The van der Waals surface area contributed by atoms with Gasteiger partial charge in [-0.3, -0.25) is 4.79 Å². The third kappa shape index (κ3) is 3.42. The second-order valence-electron chi connectivity index (χ2n) is 4.91. The van der Waals surface area contributed by atoms with Crippen LogP contribution in [-0.4, -0.2) is 20.2 Å². The van der Waals surface area contributed by atoms with E-state index in [2.05, 4.69) is 4.72 Å². The summed E-state index contributed by atoms with van der Waals surface area (Å²) >= 11 is 0. The zero-order valence-corrected chi connectivity index (χ0v) is 11.9. The normalized spacial score (nSPS) is 16.7. The van der Waals surface area contributed by atoms with Crippen LogP contribution in [0, 0.1) is 0 Å². The number of benzene rings is 1. The topological polar surface area (TPSA) is 63.2 Å². The molecule has 0 amide bonds. The van der Waals surface area contributed by atoms with Crippen LogP contribution in [0.1, 0.15) is 49.4 Å². The molecule has 5 heteroatoms. The van der Waals surface area contributed by atoms with Gasteiger partial charge in [0.1, 0.15) is 0 Å². The van der Waals surface area contributed by atoms with Crippen molar-refractivity contribution in [3.8, 4) is 0 Å². The molecule has 0 unspecified atom stereocenters. The lowest BCUT2D eigenvalue weighted by molar-refractivity contribution is 0.0988. The predicted molar refractivity (Wildman–Crippen MR) is 73.6 cm³/mol. The molecule has 104 valence electrons. The average molecular weight is 281 g/mol. The van der Waals surface area contributed by atoms with Gasteiger partial charge >= 0.3 is 0 Å². The highest BCUT2D eigenvalue weighted by atomic mass is 32.2. The van der Waals surface area contributed by atoms with Gasteiger partial charge in [-0.15, -0.1) is 0 Å². The number of Topliss-reactive ketones (excluding diaryl/α,β-unsaturated/α-hetero) is 1. The fourth-order valence-corrected chi connectivity index (χ4v) is 3.72. The molecular formula is C14H19NO3S. The molecule has 0 heterocycles. The molecule has 19 heavy (non-hydrogen) atoms. The molecule has 0 atom stereocenters. The molecule has 1 aliphatic rings. The predicted octanol–water partition coefficient (Wildman–Crippen LogP) is 2.50. The second-order valence-corrected chi connectivity index (χ2v) is 6.62. The molecule has 4 nitrogen and oxygen atoms in total. The van der Waals surface area contributed by atoms with Gasteiger partial charge in [-0.05, 0) is 25.0 Å². The molecule has 2 rings (SSSR count). The summed E-state index contributed by atoms with van der Waals surface area (Å²) in [6, 6.07) is 6.30. The van der Waals surface area contributed by atoms with Crippen LogP contribution in [-0.2, 0) is 10.0 Å². The van der Waals surface area contributed by atoms with E-state index in [0.29, 0.717) is 12.0 Å². The van der Waals surface area contributed by atoms with Crippen molar-refractivity contribution in [1.29, 1.82) is 0 Å². The van der Waals surface area contributed by atoms with Crippen LogP contribution < -0.4 is 4.72 Å². The lowest BCUT2D eigenvalue weighted by Crippen LogP contribution is -2.32. The Morgan fingerprint density at radius 2 is 2.00 bits per heavy atom. The summed E-state index contributed by atoms with van der Waals surface area (Å²) in [5.41, 5.74) is 0.455. The van der Waals surface area contributed by atoms with E-state index in [-0.39, 0.29) is 16.7 Å². The highest BCUT2D eigenvalue weighted by Crippen LogP contribution is 2.21. The number of sulfonamides is 1. The van der Waals surface area contributed by atoms with E-state index in [0.717, 1.165) is 25.7 Å². The Morgan fingerprint density at radius 1 is 1.32 bits per heavy atom. The maximum Gasteiger partial charge on any atom is 0.240 e. The van der Waals surface area contributed by atoms with Crippen molar-refractivity contribution in [2.45, 2.75) is 50.0 Å². The summed E-state index contributed by atoms with van der Waals surface area (Å²) in [6.07, 6.45) is 4.31. The zero-order valence-electron chi connectivity index (χ0n) is 11.1. The maximum absolute atomic E-state index is 12.2. The molecule has 1 aliphatic carbocycles. The lowest BCUT2D eigenvalue weighted by Gasteiger charge is -2.13. The van der Waals surface area contributed by atoms with Crippen LogP contribution in [0.4, 0.5) is 0 Å². The minimum Gasteiger partial charge on any atom is -0.294 e. The summed E-state index contributed by atoms with van der Waals surface area (Å²) in [4.78, 5) is 11.8. The highest BCUT2D eigenvalue weighted by molar-refractivity contribution is 7.89. The molecule has 0 aromatic heterocycles. The first-order valence-corrected chi connectivity index (χ1v) is 8.17. The minimum absolute atomic E-state index is 0.0375. The number of ketones is 1. The Hall–Kier alpha value is -1.20. The van der Waals surface area contributed by atoms with Gasteiger partial charge in [-0.25, -0.2) is 13.1 Å². The Kier molecular flexibility index (Phi) is 4.37. The molecule has 0 bridgehead atoms. The SMILES string of the molecule is CCC(=O)c1cccc(S(=O)(=O)NC2CCCC2)c1. The second kappa shape index (κ2) is 5.84. The van der Waals surface area contributed by atoms with Crippen molar-refractivity contribution in [2.75, 3.05) is 0 Å². The Bertz CT molecular complexity index is 560. The van der Waals surface area contributed by atoms with Gasteiger partial charge in [-0.2, -0.15) is 0 Å². The van der Waals surface area contributed by atoms with Gasteiger partial charge in [0, 0.05) is 18.0 Å². The number of rotatable bonds is 5. The summed E-state index contributed by atoms with van der Waals surface area (Å²) < 4.78 is 27.2. The van der Waals surface area contributed by atoms with Gasteiger partial charge in [0.05, 0.1) is 4.90 Å². The fourth-order valence-electron chi connectivity index (χ4n) is 2.37. The summed E-state index contributed by atoms with van der Waals surface area (Å²) in [7, 11) is -3.51. The van der Waals surface area contributed by atoms with E-state index in [1.807, 2.05) is 0 Å². The molecular weight excluding hydrogens is 262 g/mol. The largest absolute Gasteiger partial charge is 0.294 e. The molecule has 1 saturated carbocycles. The molecule has 1 N–H and O–H groups in total. The standard InChI is InChI=1S/C14H19NO3S/c1-2-14(16)11-6-5-9-13(10-11)19(17,18)15-12-7-3-4-8-12/h5-6,9-10,12,15H,2-4,7-8H2,1H3. The Labute approximate surface area is 114 Å². The summed E-state index contributed by atoms with van der Waals surface area (Å²) in [5, 5.41) is 0. The molecule has 0 saturated heterocycles. The van der Waals surface area contributed by atoms with Crippen LogP contribution in [0.5, 0.6) is 0 Å². The van der Waals surface area contributed by atoms with Crippen molar-refractivity contribution in [3.05, 3.63) is 29.8 Å². The first-order chi connectivity index (χ1) is 9.03. The number of carbonyl (C=O) groups excluding carboxylic acids is 1. The smallest absolute Gasteiger partial charge is 0.240 e. The first-order valence-electron chi connectivity index (χ1n) is 6.68. The molecule has 0 aliphatic heterocycles. The quantitative estimate of drug-likeness (QED) is 0.843. The van der Waals surface area contributed by atoms with Crippen molar-refractivity contribution in [3.63, 3.8) is 0 Å². The lowest BCUT2D eigenvalue weighted by atomic mass is 10.1. The number of nitrogens with one attached hydrogen (secondary N) is 1. The highest BCUT2D eigenvalue weighted by Gasteiger charge is 2.23. The van der Waals surface area contributed by atoms with E-state index < -0.39 is 10.0 Å². The van der Waals surface area contributed by atoms with Gasteiger partial charge in [-0.1, -0.05) is 31.9 Å². The van der Waals surface area contributed by atoms with Crippen LogP contribution in [0.3, 0.4) is 0 Å². The molecule has 1 fully saturated rings. The van der Waals surface area contributed by atoms with Gasteiger partial charge in [0.25, 0.3) is 0 Å². The van der Waals surface area contributed by atoms with Gasteiger partial charge in [0.2, 0.25) is 10.0 Å². The van der Waals surface area contributed by atoms with E-state index >= 15 is 0 Å². The first kappa shape index (κ1) is 14.2. The van der Waals surface area contributed by atoms with Crippen molar-refractivity contribution >= 4 is 15.8 Å². The molecule has 1 aromatic carbocycles. The monoisotopic (exact) mass is 281 g/mol. The molecule has 0 spiro atoms. The van der Waals surface area contributed by atoms with Crippen LogP contribution >= 0.6 is 0 Å². The Balaban J connectivity index is 2.22. The van der Waals surface area contributed by atoms with E-state index in [9.17, 15) is 13.2 Å². The van der Waals surface area contributed by atoms with Gasteiger partial charge in [0.15, 0.2) is 5.78 Å². The summed E-state index contributed by atoms with van der Waals surface area (Å²) in [6.45, 7) is 1.76. The van der Waals surface area contributed by atoms with Crippen LogP contribution in [0.15, 0.2) is 29.2 Å². The number of hydrogen-bond donors (Lipinski definition) is 1. The van der Waals surface area contributed by atoms with Crippen LogP contribution in [0.25, 0.3) is 0 Å². The minimum atomic E-state index is -3.51. The van der Waals surface area contributed by atoms with Crippen molar-refractivity contribution in [1.82, 2.24) is 4.72 Å². The number of carbonyl (C=O) groups is 1. The zero-order chi connectivity index (χ0) is 13.9. The van der Waals surface area contributed by atoms with Crippen molar-refractivity contribution < 1.29 is 13.2 Å². The molecule has 1 aromatic rings.